The Morgan fingerprint density at radius 2 is 2.50 bits per heavy atom. The fourth-order valence-corrected chi connectivity index (χ4v) is 1.00. The zero-order valence-electron chi connectivity index (χ0n) is 6.34. The molecule has 0 fully saturated rings. The summed E-state index contributed by atoms with van der Waals surface area (Å²) in [5.41, 5.74) is 0. The fraction of sp³-hybridized carbons (Fsp3) is 0.125. The van der Waals surface area contributed by atoms with Crippen molar-refractivity contribution in [1.82, 2.24) is 9.78 Å². The van der Waals surface area contributed by atoms with Crippen LogP contribution in [0.3, 0.4) is 0 Å². The molecule has 0 saturated carbocycles. The van der Waals surface area contributed by atoms with Gasteiger partial charge in [-0.25, -0.2) is 0 Å². The summed E-state index contributed by atoms with van der Waals surface area (Å²) in [5, 5.41) is 12.9. The summed E-state index contributed by atoms with van der Waals surface area (Å²) in [6.45, 7) is 0.549. The van der Waals surface area contributed by atoms with Gasteiger partial charge in [0, 0.05) is 0 Å². The van der Waals surface area contributed by atoms with Gasteiger partial charge in [0.2, 0.25) is 0 Å². The van der Waals surface area contributed by atoms with Crippen LogP contribution in [0.15, 0.2) is 35.2 Å². The van der Waals surface area contributed by atoms with Gasteiger partial charge in [0.15, 0.2) is 5.75 Å². The van der Waals surface area contributed by atoms with Crippen LogP contribution >= 0.6 is 0 Å². The minimum atomic E-state index is 0.168. The molecular formula is C8H8N2O2. The van der Waals surface area contributed by atoms with Crippen molar-refractivity contribution in [3.63, 3.8) is 0 Å². The normalized spacial score (nSPS) is 10.3. The van der Waals surface area contributed by atoms with Crippen LogP contribution in [-0.2, 0) is 6.54 Å². The van der Waals surface area contributed by atoms with E-state index in [0.717, 1.165) is 5.76 Å². The molecule has 0 amide bonds. The summed E-state index contributed by atoms with van der Waals surface area (Å²) in [6, 6.07) is 3.68. The maximum absolute atomic E-state index is 8.97. The molecule has 0 spiro atoms. The average Bonchev–Trinajstić information content (AvgIpc) is 2.63. The zero-order valence-corrected chi connectivity index (χ0v) is 6.34. The molecule has 0 radical (unpaired) electrons. The van der Waals surface area contributed by atoms with E-state index in [1.165, 1.54) is 6.20 Å². The standard InChI is InChI=1S/C8H8N2O2/c11-7-4-9-10(5-7)6-8-2-1-3-12-8/h1-5,11H,6H2. The van der Waals surface area contributed by atoms with Crippen molar-refractivity contribution in [2.45, 2.75) is 6.54 Å². The topological polar surface area (TPSA) is 51.2 Å². The van der Waals surface area contributed by atoms with Crippen LogP contribution < -0.4 is 0 Å². The molecule has 2 heterocycles. The summed E-state index contributed by atoms with van der Waals surface area (Å²) in [5.74, 6) is 0.986. The smallest absolute Gasteiger partial charge is 0.153 e. The first-order chi connectivity index (χ1) is 5.84. The molecule has 0 aliphatic rings. The van der Waals surface area contributed by atoms with Crippen LogP contribution in [0.5, 0.6) is 5.75 Å². The quantitative estimate of drug-likeness (QED) is 0.726. The highest BCUT2D eigenvalue weighted by Gasteiger charge is 1.98. The molecule has 2 aromatic heterocycles. The van der Waals surface area contributed by atoms with Gasteiger partial charge < -0.3 is 9.52 Å². The lowest BCUT2D eigenvalue weighted by molar-refractivity contribution is 0.467. The molecule has 0 bridgehead atoms. The van der Waals surface area contributed by atoms with Gasteiger partial charge in [0.25, 0.3) is 0 Å². The van der Waals surface area contributed by atoms with E-state index in [0.29, 0.717) is 6.54 Å². The maximum Gasteiger partial charge on any atom is 0.153 e. The first kappa shape index (κ1) is 6.97. The lowest BCUT2D eigenvalue weighted by atomic mass is 10.4. The van der Waals surface area contributed by atoms with Crippen molar-refractivity contribution < 1.29 is 9.52 Å². The predicted octanol–water partition coefficient (Wildman–Crippen LogP) is 1.23. The highest BCUT2D eigenvalue weighted by Crippen LogP contribution is 2.07. The second-order valence-corrected chi connectivity index (χ2v) is 2.48. The average molecular weight is 164 g/mol. The molecule has 1 N–H and O–H groups in total. The Bertz CT molecular complexity index is 351. The van der Waals surface area contributed by atoms with Gasteiger partial charge in [-0.2, -0.15) is 5.10 Å². The van der Waals surface area contributed by atoms with Gasteiger partial charge in [-0.1, -0.05) is 0 Å². The molecule has 4 nitrogen and oxygen atoms in total. The highest BCUT2D eigenvalue weighted by atomic mass is 16.3. The second-order valence-electron chi connectivity index (χ2n) is 2.48. The van der Waals surface area contributed by atoms with Gasteiger partial charge in [-0.15, -0.1) is 0 Å². The molecule has 0 aromatic carbocycles. The monoisotopic (exact) mass is 164 g/mol. The fourth-order valence-electron chi connectivity index (χ4n) is 1.00. The maximum atomic E-state index is 8.97. The number of aromatic hydroxyl groups is 1. The van der Waals surface area contributed by atoms with Crippen LogP contribution in [0.4, 0.5) is 0 Å². The van der Waals surface area contributed by atoms with E-state index >= 15 is 0 Å². The van der Waals surface area contributed by atoms with Gasteiger partial charge in [-0.05, 0) is 12.1 Å². The molecule has 0 atom stereocenters. The van der Waals surface area contributed by atoms with Crippen LogP contribution in [-0.4, -0.2) is 14.9 Å². The SMILES string of the molecule is Oc1cnn(Cc2ccco2)c1. The number of rotatable bonds is 2. The first-order valence-electron chi connectivity index (χ1n) is 3.58. The third-order valence-electron chi connectivity index (χ3n) is 1.52. The molecule has 2 rings (SSSR count). The highest BCUT2D eigenvalue weighted by molar-refractivity contribution is 5.09. The molecule has 62 valence electrons. The Hall–Kier alpha value is -1.71. The van der Waals surface area contributed by atoms with E-state index in [2.05, 4.69) is 5.10 Å². The number of aromatic nitrogens is 2. The molecule has 0 aliphatic carbocycles. The van der Waals surface area contributed by atoms with Gasteiger partial charge >= 0.3 is 0 Å². The second kappa shape index (κ2) is 2.73. The Kier molecular flexibility index (Phi) is 1.59. The molecule has 0 aliphatic heterocycles. The van der Waals surface area contributed by atoms with Crippen molar-refractivity contribution in [2.75, 3.05) is 0 Å². The lowest BCUT2D eigenvalue weighted by Crippen LogP contribution is -1.97. The summed E-state index contributed by atoms with van der Waals surface area (Å²) in [6.07, 6.45) is 4.55. The van der Waals surface area contributed by atoms with Gasteiger partial charge in [0.05, 0.1) is 25.2 Å². The Balaban J connectivity index is 2.14. The largest absolute Gasteiger partial charge is 0.505 e. The van der Waals surface area contributed by atoms with E-state index < -0.39 is 0 Å². The first-order valence-corrected chi connectivity index (χ1v) is 3.58. The minimum absolute atomic E-state index is 0.168. The van der Waals surface area contributed by atoms with E-state index in [1.807, 2.05) is 12.1 Å². The lowest BCUT2D eigenvalue weighted by Gasteiger charge is -1.94. The van der Waals surface area contributed by atoms with Crippen molar-refractivity contribution in [2.24, 2.45) is 0 Å². The summed E-state index contributed by atoms with van der Waals surface area (Å²) in [7, 11) is 0. The number of nitrogens with zero attached hydrogens (tertiary/aromatic N) is 2. The molecular weight excluding hydrogens is 156 g/mol. The Labute approximate surface area is 69.0 Å². The third-order valence-corrected chi connectivity index (χ3v) is 1.52. The van der Waals surface area contributed by atoms with Crippen LogP contribution in [0, 0.1) is 0 Å². The van der Waals surface area contributed by atoms with E-state index in [1.54, 1.807) is 17.1 Å². The van der Waals surface area contributed by atoms with Crippen molar-refractivity contribution in [1.29, 1.82) is 0 Å². The number of hydrogen-bond donors (Lipinski definition) is 1. The Morgan fingerprint density at radius 3 is 3.08 bits per heavy atom. The Morgan fingerprint density at radius 1 is 1.58 bits per heavy atom. The number of hydrogen-bond acceptors (Lipinski definition) is 3. The molecule has 0 saturated heterocycles. The van der Waals surface area contributed by atoms with Crippen LogP contribution in [0.1, 0.15) is 5.76 Å². The molecule has 12 heavy (non-hydrogen) atoms. The van der Waals surface area contributed by atoms with E-state index in [9.17, 15) is 0 Å². The third kappa shape index (κ3) is 1.32. The predicted molar refractivity (Wildman–Crippen MR) is 41.7 cm³/mol. The molecule has 0 unspecified atom stereocenters. The summed E-state index contributed by atoms with van der Waals surface area (Å²) in [4.78, 5) is 0. The van der Waals surface area contributed by atoms with Gasteiger partial charge in [0.1, 0.15) is 5.76 Å². The van der Waals surface area contributed by atoms with E-state index in [4.69, 9.17) is 9.52 Å². The molecule has 4 heteroatoms. The number of furan rings is 1. The van der Waals surface area contributed by atoms with Crippen molar-refractivity contribution >= 4 is 0 Å². The van der Waals surface area contributed by atoms with Crippen LogP contribution in [0.2, 0.25) is 0 Å². The summed E-state index contributed by atoms with van der Waals surface area (Å²) < 4.78 is 6.71. The van der Waals surface area contributed by atoms with Crippen molar-refractivity contribution in [3.05, 3.63) is 36.5 Å². The summed E-state index contributed by atoms with van der Waals surface area (Å²) >= 11 is 0. The van der Waals surface area contributed by atoms with Crippen molar-refractivity contribution in [3.8, 4) is 5.75 Å². The van der Waals surface area contributed by atoms with E-state index in [-0.39, 0.29) is 5.75 Å². The zero-order chi connectivity index (χ0) is 8.39. The van der Waals surface area contributed by atoms with Gasteiger partial charge in [-0.3, -0.25) is 4.68 Å². The molecule has 2 aromatic rings. The minimum Gasteiger partial charge on any atom is -0.505 e. The van der Waals surface area contributed by atoms with Crippen LogP contribution in [0.25, 0.3) is 0 Å².